The number of rotatable bonds is 7. The van der Waals surface area contributed by atoms with Gasteiger partial charge < -0.3 is 4.90 Å². The maximum atomic E-state index is 14.3. The van der Waals surface area contributed by atoms with Crippen LogP contribution in [0.3, 0.4) is 0 Å². The van der Waals surface area contributed by atoms with Crippen molar-refractivity contribution in [1.29, 1.82) is 0 Å². The van der Waals surface area contributed by atoms with Gasteiger partial charge in [-0.25, -0.2) is 17.2 Å². The standard InChI is InChI=1S/C21H19F2NO3S2/c1-15-4-7-18(8-5-15)29(26,27)12-10-21(25)24(14-17-3-2-11-28-17)20-9-6-16(22)13-19(20)23/h2-9,11,13H,10,12,14H2,1H3. The molecule has 4 nitrogen and oxygen atoms in total. The first-order valence-corrected chi connectivity index (χ1v) is 11.4. The molecule has 0 unspecified atom stereocenters. The number of benzene rings is 2. The molecule has 0 bridgehead atoms. The van der Waals surface area contributed by atoms with Gasteiger partial charge in [-0.3, -0.25) is 4.79 Å². The third-order valence-electron chi connectivity index (χ3n) is 4.36. The fourth-order valence-corrected chi connectivity index (χ4v) is 4.71. The van der Waals surface area contributed by atoms with Crippen LogP contribution in [-0.2, 0) is 21.2 Å². The van der Waals surface area contributed by atoms with E-state index in [9.17, 15) is 22.0 Å². The fraction of sp³-hybridized carbons (Fsp3) is 0.190. The Morgan fingerprint density at radius 1 is 1.07 bits per heavy atom. The van der Waals surface area contributed by atoms with Crippen LogP contribution >= 0.6 is 11.3 Å². The van der Waals surface area contributed by atoms with Gasteiger partial charge in [-0.05, 0) is 42.6 Å². The summed E-state index contributed by atoms with van der Waals surface area (Å²) in [5.41, 5.74) is 0.839. The van der Waals surface area contributed by atoms with E-state index in [0.29, 0.717) is 6.07 Å². The van der Waals surface area contributed by atoms with E-state index in [1.165, 1.54) is 29.5 Å². The number of hydrogen-bond acceptors (Lipinski definition) is 4. The Balaban J connectivity index is 1.81. The van der Waals surface area contributed by atoms with Gasteiger partial charge in [-0.1, -0.05) is 23.8 Å². The highest BCUT2D eigenvalue weighted by Crippen LogP contribution is 2.25. The topological polar surface area (TPSA) is 54.5 Å². The number of hydrogen-bond donors (Lipinski definition) is 0. The summed E-state index contributed by atoms with van der Waals surface area (Å²) in [6, 6.07) is 12.9. The zero-order chi connectivity index (χ0) is 21.0. The quantitative estimate of drug-likeness (QED) is 0.539. The van der Waals surface area contributed by atoms with Gasteiger partial charge in [-0.2, -0.15) is 0 Å². The Bertz CT molecular complexity index is 1100. The maximum absolute atomic E-state index is 14.3. The first-order valence-electron chi connectivity index (χ1n) is 8.83. The molecule has 0 aliphatic rings. The molecule has 0 spiro atoms. The van der Waals surface area contributed by atoms with Crippen LogP contribution in [0.2, 0.25) is 0 Å². The number of sulfone groups is 1. The lowest BCUT2D eigenvalue weighted by Gasteiger charge is -2.23. The first-order chi connectivity index (χ1) is 13.8. The molecule has 2 aromatic carbocycles. The average molecular weight is 436 g/mol. The van der Waals surface area contributed by atoms with E-state index in [0.717, 1.165) is 21.4 Å². The van der Waals surface area contributed by atoms with Gasteiger partial charge in [0.2, 0.25) is 5.91 Å². The zero-order valence-corrected chi connectivity index (χ0v) is 17.3. The SMILES string of the molecule is Cc1ccc(S(=O)(=O)CCC(=O)N(Cc2cccs2)c2ccc(F)cc2F)cc1. The number of thiophene rings is 1. The minimum absolute atomic E-state index is 0.0730. The van der Waals surface area contributed by atoms with Crippen molar-refractivity contribution in [3.8, 4) is 0 Å². The van der Waals surface area contributed by atoms with E-state index in [2.05, 4.69) is 0 Å². The molecule has 8 heteroatoms. The molecule has 0 aliphatic carbocycles. The van der Waals surface area contributed by atoms with Crippen LogP contribution in [0.5, 0.6) is 0 Å². The number of carbonyl (C=O) groups excluding carboxylic acids is 1. The Morgan fingerprint density at radius 3 is 2.41 bits per heavy atom. The predicted octanol–water partition coefficient (Wildman–Crippen LogP) is 4.73. The second-order valence-corrected chi connectivity index (χ2v) is 9.68. The average Bonchev–Trinajstić information content (AvgIpc) is 3.18. The van der Waals surface area contributed by atoms with Gasteiger partial charge in [0.15, 0.2) is 9.84 Å². The second-order valence-electron chi connectivity index (χ2n) is 6.54. The van der Waals surface area contributed by atoms with Crippen LogP contribution in [0.4, 0.5) is 14.5 Å². The van der Waals surface area contributed by atoms with Crippen molar-refractivity contribution in [2.45, 2.75) is 24.8 Å². The van der Waals surface area contributed by atoms with Gasteiger partial charge in [-0.15, -0.1) is 11.3 Å². The van der Waals surface area contributed by atoms with Crippen molar-refractivity contribution < 1.29 is 22.0 Å². The van der Waals surface area contributed by atoms with E-state index in [1.807, 2.05) is 12.3 Å². The number of carbonyl (C=O) groups is 1. The van der Waals surface area contributed by atoms with Crippen LogP contribution in [0.15, 0.2) is 64.9 Å². The zero-order valence-electron chi connectivity index (χ0n) is 15.6. The summed E-state index contributed by atoms with van der Waals surface area (Å²) in [4.78, 5) is 14.9. The lowest BCUT2D eigenvalue weighted by atomic mass is 10.2. The summed E-state index contributed by atoms with van der Waals surface area (Å²) in [6.45, 7) is 1.92. The highest BCUT2D eigenvalue weighted by molar-refractivity contribution is 7.91. The molecule has 1 amide bonds. The van der Waals surface area contributed by atoms with Gasteiger partial charge in [0.05, 0.1) is 22.9 Å². The molecule has 0 fully saturated rings. The molecule has 0 saturated carbocycles. The molecule has 0 atom stereocenters. The number of amides is 1. The summed E-state index contributed by atoms with van der Waals surface area (Å²) in [5.74, 6) is -2.59. The van der Waals surface area contributed by atoms with Gasteiger partial charge >= 0.3 is 0 Å². The van der Waals surface area contributed by atoms with Crippen LogP contribution in [0.25, 0.3) is 0 Å². The van der Waals surface area contributed by atoms with Crippen LogP contribution in [0, 0.1) is 18.6 Å². The minimum atomic E-state index is -3.67. The van der Waals surface area contributed by atoms with Crippen molar-refractivity contribution in [3.63, 3.8) is 0 Å². The number of aryl methyl sites for hydroxylation is 1. The highest BCUT2D eigenvalue weighted by Gasteiger charge is 2.23. The molecule has 0 aliphatic heterocycles. The normalized spacial score (nSPS) is 11.4. The molecule has 1 aromatic heterocycles. The number of anilines is 1. The largest absolute Gasteiger partial charge is 0.304 e. The van der Waals surface area contributed by atoms with Crippen LogP contribution in [-0.4, -0.2) is 20.1 Å². The fourth-order valence-electron chi connectivity index (χ4n) is 2.79. The number of nitrogens with zero attached hydrogens (tertiary/aromatic N) is 1. The lowest BCUT2D eigenvalue weighted by Crippen LogP contribution is -2.32. The van der Waals surface area contributed by atoms with E-state index >= 15 is 0 Å². The van der Waals surface area contributed by atoms with Crippen molar-refractivity contribution in [2.75, 3.05) is 10.7 Å². The summed E-state index contributed by atoms with van der Waals surface area (Å²) in [7, 11) is -3.67. The lowest BCUT2D eigenvalue weighted by molar-refractivity contribution is -0.118. The minimum Gasteiger partial charge on any atom is -0.304 e. The number of halogens is 2. The van der Waals surface area contributed by atoms with E-state index < -0.39 is 33.1 Å². The third-order valence-corrected chi connectivity index (χ3v) is 6.95. The Hall–Kier alpha value is -2.58. The van der Waals surface area contributed by atoms with Gasteiger partial charge in [0.1, 0.15) is 11.6 Å². The Morgan fingerprint density at radius 2 is 1.79 bits per heavy atom. The molecule has 3 rings (SSSR count). The van der Waals surface area contributed by atoms with Gasteiger partial charge in [0, 0.05) is 17.4 Å². The van der Waals surface area contributed by atoms with Gasteiger partial charge in [0.25, 0.3) is 0 Å². The smallest absolute Gasteiger partial charge is 0.228 e. The molecule has 0 saturated heterocycles. The molecule has 0 radical (unpaired) electrons. The maximum Gasteiger partial charge on any atom is 0.228 e. The van der Waals surface area contributed by atoms with E-state index in [1.54, 1.807) is 24.3 Å². The molecule has 152 valence electrons. The van der Waals surface area contributed by atoms with Crippen LogP contribution in [0.1, 0.15) is 16.9 Å². The molecular weight excluding hydrogens is 416 g/mol. The van der Waals surface area contributed by atoms with E-state index in [-0.39, 0.29) is 23.5 Å². The van der Waals surface area contributed by atoms with Crippen molar-refractivity contribution in [3.05, 3.63) is 82.1 Å². The molecule has 0 N–H and O–H groups in total. The van der Waals surface area contributed by atoms with Crippen molar-refractivity contribution in [1.82, 2.24) is 0 Å². The van der Waals surface area contributed by atoms with E-state index in [4.69, 9.17) is 0 Å². The molecule has 1 heterocycles. The molecule has 29 heavy (non-hydrogen) atoms. The predicted molar refractivity (Wildman–Crippen MR) is 110 cm³/mol. The Labute approximate surface area is 172 Å². The summed E-state index contributed by atoms with van der Waals surface area (Å²) in [5, 5.41) is 1.82. The van der Waals surface area contributed by atoms with Crippen molar-refractivity contribution in [2.24, 2.45) is 0 Å². The Kier molecular flexibility index (Phi) is 6.44. The third kappa shape index (κ3) is 5.27. The monoisotopic (exact) mass is 435 g/mol. The molecular formula is C21H19F2NO3S2. The second kappa shape index (κ2) is 8.84. The summed E-state index contributed by atoms with van der Waals surface area (Å²) >= 11 is 1.39. The van der Waals surface area contributed by atoms with Crippen LogP contribution < -0.4 is 4.90 Å². The molecule has 3 aromatic rings. The highest BCUT2D eigenvalue weighted by atomic mass is 32.2. The van der Waals surface area contributed by atoms with Crippen molar-refractivity contribution >= 4 is 32.8 Å². The summed E-state index contributed by atoms with van der Waals surface area (Å²) < 4.78 is 52.7. The first kappa shape index (κ1) is 21.1. The summed E-state index contributed by atoms with van der Waals surface area (Å²) in [6.07, 6.45) is -0.321.